The Balaban J connectivity index is 1.44. The molecule has 0 saturated carbocycles. The Kier molecular flexibility index (Phi) is 6.56. The molecule has 1 aliphatic rings. The van der Waals surface area contributed by atoms with Crippen LogP contribution in [-0.4, -0.2) is 60.0 Å². The van der Waals surface area contributed by atoms with Crippen LogP contribution in [0.2, 0.25) is 0 Å². The summed E-state index contributed by atoms with van der Waals surface area (Å²) in [7, 11) is 0. The SMILES string of the molecule is CC(CN1CCN(CC(O)c2ccccc2)CC1)C(=O)c1ccccc1. The van der Waals surface area contributed by atoms with Gasteiger partial charge in [-0.2, -0.15) is 0 Å². The number of β-amino-alcohol motifs (C(OH)–C–C–N with tert-alkyl or cyclic N) is 1. The van der Waals surface area contributed by atoms with E-state index in [4.69, 9.17) is 0 Å². The van der Waals surface area contributed by atoms with Crippen LogP contribution in [0.15, 0.2) is 60.7 Å². The maximum absolute atomic E-state index is 12.5. The third-order valence-corrected chi connectivity index (χ3v) is 5.12. The highest BCUT2D eigenvalue weighted by atomic mass is 16.3. The number of carbonyl (C=O) groups excluding carboxylic acids is 1. The monoisotopic (exact) mass is 352 g/mol. The molecule has 1 saturated heterocycles. The van der Waals surface area contributed by atoms with Gasteiger partial charge in [-0.15, -0.1) is 0 Å². The van der Waals surface area contributed by atoms with Gasteiger partial charge in [0.15, 0.2) is 5.78 Å². The van der Waals surface area contributed by atoms with Crippen molar-refractivity contribution in [3.8, 4) is 0 Å². The van der Waals surface area contributed by atoms with E-state index in [9.17, 15) is 9.90 Å². The van der Waals surface area contributed by atoms with Crippen molar-refractivity contribution >= 4 is 5.78 Å². The summed E-state index contributed by atoms with van der Waals surface area (Å²) < 4.78 is 0. The number of carbonyl (C=O) groups is 1. The summed E-state index contributed by atoms with van der Waals surface area (Å²) in [5.41, 5.74) is 1.77. The standard InChI is InChI=1S/C22H28N2O2/c1-18(22(26)20-10-6-3-7-11-20)16-23-12-14-24(15-13-23)17-21(25)19-8-4-2-5-9-19/h2-11,18,21,25H,12-17H2,1H3. The van der Waals surface area contributed by atoms with Crippen LogP contribution in [0, 0.1) is 5.92 Å². The second kappa shape index (κ2) is 9.08. The first-order valence-electron chi connectivity index (χ1n) is 9.40. The second-order valence-corrected chi connectivity index (χ2v) is 7.16. The van der Waals surface area contributed by atoms with Crippen LogP contribution in [0.3, 0.4) is 0 Å². The Morgan fingerprint density at radius 2 is 1.38 bits per heavy atom. The molecule has 4 heteroatoms. The lowest BCUT2D eigenvalue weighted by atomic mass is 9.98. The molecule has 0 aromatic heterocycles. The van der Waals surface area contributed by atoms with Crippen LogP contribution in [-0.2, 0) is 0 Å². The number of aliphatic hydroxyl groups is 1. The first-order valence-corrected chi connectivity index (χ1v) is 9.40. The summed E-state index contributed by atoms with van der Waals surface area (Å²) in [4.78, 5) is 17.2. The molecule has 4 nitrogen and oxygen atoms in total. The van der Waals surface area contributed by atoms with Gasteiger partial charge in [0.1, 0.15) is 0 Å². The average molecular weight is 352 g/mol. The van der Waals surface area contributed by atoms with Crippen molar-refractivity contribution in [2.45, 2.75) is 13.0 Å². The molecule has 2 aromatic rings. The lowest BCUT2D eigenvalue weighted by Crippen LogP contribution is -2.49. The van der Waals surface area contributed by atoms with Gasteiger partial charge < -0.3 is 10.0 Å². The van der Waals surface area contributed by atoms with Crippen LogP contribution >= 0.6 is 0 Å². The Labute approximate surface area is 156 Å². The number of Topliss-reactive ketones (excluding diaryl/α,β-unsaturated/α-hetero) is 1. The summed E-state index contributed by atoms with van der Waals surface area (Å²) in [6, 6.07) is 19.4. The number of rotatable bonds is 7. The molecule has 1 fully saturated rings. The van der Waals surface area contributed by atoms with E-state index in [2.05, 4.69) is 9.80 Å². The highest BCUT2D eigenvalue weighted by Crippen LogP contribution is 2.16. The van der Waals surface area contributed by atoms with Crippen LogP contribution in [0.25, 0.3) is 0 Å². The van der Waals surface area contributed by atoms with Gasteiger partial charge in [0.05, 0.1) is 6.10 Å². The van der Waals surface area contributed by atoms with Crippen molar-refractivity contribution in [1.82, 2.24) is 9.80 Å². The summed E-state index contributed by atoms with van der Waals surface area (Å²) in [6.07, 6.45) is -0.443. The zero-order valence-corrected chi connectivity index (χ0v) is 15.4. The molecule has 0 aliphatic carbocycles. The average Bonchev–Trinajstić information content (AvgIpc) is 2.70. The second-order valence-electron chi connectivity index (χ2n) is 7.16. The smallest absolute Gasteiger partial charge is 0.166 e. The van der Waals surface area contributed by atoms with Gasteiger partial charge in [-0.3, -0.25) is 9.69 Å². The molecule has 1 heterocycles. The van der Waals surface area contributed by atoms with Crippen molar-refractivity contribution in [1.29, 1.82) is 0 Å². The molecule has 2 aromatic carbocycles. The van der Waals surface area contributed by atoms with E-state index < -0.39 is 6.10 Å². The van der Waals surface area contributed by atoms with Crippen molar-refractivity contribution in [3.05, 3.63) is 71.8 Å². The number of aliphatic hydroxyl groups excluding tert-OH is 1. The molecule has 1 aliphatic heterocycles. The Bertz CT molecular complexity index is 682. The molecular weight excluding hydrogens is 324 g/mol. The molecule has 0 bridgehead atoms. The number of benzene rings is 2. The maximum atomic E-state index is 12.5. The van der Waals surface area contributed by atoms with E-state index in [1.54, 1.807) is 0 Å². The zero-order valence-electron chi connectivity index (χ0n) is 15.4. The molecule has 2 atom stereocenters. The van der Waals surface area contributed by atoms with Crippen molar-refractivity contribution in [2.75, 3.05) is 39.3 Å². The summed E-state index contributed by atoms with van der Waals surface area (Å²) in [6.45, 7) is 7.20. The van der Waals surface area contributed by atoms with Crippen molar-refractivity contribution in [3.63, 3.8) is 0 Å². The van der Waals surface area contributed by atoms with E-state index in [-0.39, 0.29) is 11.7 Å². The van der Waals surface area contributed by atoms with Crippen molar-refractivity contribution < 1.29 is 9.90 Å². The minimum Gasteiger partial charge on any atom is -0.387 e. The van der Waals surface area contributed by atoms with Gasteiger partial charge in [0.25, 0.3) is 0 Å². The van der Waals surface area contributed by atoms with Gasteiger partial charge in [0, 0.05) is 50.7 Å². The fraction of sp³-hybridized carbons (Fsp3) is 0.409. The quantitative estimate of drug-likeness (QED) is 0.778. The number of nitrogens with zero attached hydrogens (tertiary/aromatic N) is 2. The molecular formula is C22H28N2O2. The first-order chi connectivity index (χ1) is 12.6. The first kappa shape index (κ1) is 18.8. The molecule has 1 N–H and O–H groups in total. The highest BCUT2D eigenvalue weighted by Gasteiger charge is 2.23. The molecule has 2 unspecified atom stereocenters. The van der Waals surface area contributed by atoms with Gasteiger partial charge in [-0.1, -0.05) is 67.6 Å². The van der Waals surface area contributed by atoms with E-state index in [0.717, 1.165) is 43.9 Å². The van der Waals surface area contributed by atoms with Gasteiger partial charge in [-0.25, -0.2) is 0 Å². The van der Waals surface area contributed by atoms with Crippen molar-refractivity contribution in [2.24, 2.45) is 5.92 Å². The van der Waals surface area contributed by atoms with E-state index in [0.29, 0.717) is 6.54 Å². The highest BCUT2D eigenvalue weighted by molar-refractivity contribution is 5.97. The minimum atomic E-state index is -0.443. The van der Waals surface area contributed by atoms with Gasteiger partial charge >= 0.3 is 0 Å². The third-order valence-electron chi connectivity index (χ3n) is 5.12. The Hall–Kier alpha value is -2.01. The maximum Gasteiger partial charge on any atom is 0.166 e. The van der Waals surface area contributed by atoms with E-state index in [1.165, 1.54) is 0 Å². The molecule has 138 valence electrons. The molecule has 3 rings (SSSR count). The zero-order chi connectivity index (χ0) is 18.4. The van der Waals surface area contributed by atoms with Gasteiger partial charge in [-0.05, 0) is 5.56 Å². The van der Waals surface area contributed by atoms with Crippen LogP contribution in [0.5, 0.6) is 0 Å². The lowest BCUT2D eigenvalue weighted by molar-refractivity contribution is 0.0642. The predicted octanol–water partition coefficient (Wildman–Crippen LogP) is 2.86. The topological polar surface area (TPSA) is 43.8 Å². The van der Waals surface area contributed by atoms with Crippen LogP contribution < -0.4 is 0 Å². The fourth-order valence-electron chi connectivity index (χ4n) is 3.54. The fourth-order valence-corrected chi connectivity index (χ4v) is 3.54. The van der Waals surface area contributed by atoms with E-state index >= 15 is 0 Å². The van der Waals surface area contributed by atoms with Crippen LogP contribution in [0.4, 0.5) is 0 Å². The summed E-state index contributed by atoms with van der Waals surface area (Å²) >= 11 is 0. The number of hydrogen-bond donors (Lipinski definition) is 1. The predicted molar refractivity (Wildman–Crippen MR) is 104 cm³/mol. The summed E-state index contributed by atoms with van der Waals surface area (Å²) in [5, 5.41) is 10.4. The Morgan fingerprint density at radius 3 is 1.96 bits per heavy atom. The minimum absolute atomic E-state index is 0.00106. The largest absolute Gasteiger partial charge is 0.387 e. The lowest BCUT2D eigenvalue weighted by Gasteiger charge is -2.36. The van der Waals surface area contributed by atoms with Crippen LogP contribution in [0.1, 0.15) is 28.9 Å². The van der Waals surface area contributed by atoms with E-state index in [1.807, 2.05) is 67.6 Å². The normalized spacial score (nSPS) is 18.4. The summed E-state index contributed by atoms with van der Waals surface area (Å²) in [5.74, 6) is 0.214. The number of hydrogen-bond acceptors (Lipinski definition) is 4. The molecule has 0 amide bonds. The number of ketones is 1. The molecule has 0 radical (unpaired) electrons. The Morgan fingerprint density at radius 1 is 0.885 bits per heavy atom. The molecule has 0 spiro atoms. The molecule has 26 heavy (non-hydrogen) atoms. The van der Waals surface area contributed by atoms with Gasteiger partial charge in [0.2, 0.25) is 0 Å². The third kappa shape index (κ3) is 5.01. The number of piperazine rings is 1.